The van der Waals surface area contributed by atoms with E-state index < -0.39 is 0 Å². The summed E-state index contributed by atoms with van der Waals surface area (Å²) in [6, 6.07) is 0. The van der Waals surface area contributed by atoms with Gasteiger partial charge in [-0.3, -0.25) is 10.2 Å². The Bertz CT molecular complexity index is 216. The third-order valence-electron chi connectivity index (χ3n) is 3.76. The van der Waals surface area contributed by atoms with E-state index in [-0.39, 0.29) is 11.8 Å². The Morgan fingerprint density at radius 3 is 2.33 bits per heavy atom. The number of hydrazine groups is 1. The van der Waals surface area contributed by atoms with Crippen molar-refractivity contribution in [3.05, 3.63) is 0 Å². The van der Waals surface area contributed by atoms with Gasteiger partial charge in [0.1, 0.15) is 0 Å². The Hall–Kier alpha value is -0.570. The van der Waals surface area contributed by atoms with Crippen LogP contribution in [-0.4, -0.2) is 24.0 Å². The summed E-state index contributed by atoms with van der Waals surface area (Å²) in [6.45, 7) is 4.36. The Kier molecular flexibility index (Phi) is 3.62. The molecular weight excluding hydrogens is 188 g/mol. The SMILES string of the molecule is CC1CCC(C(=O)NN2CCCC2)CC1. The Morgan fingerprint density at radius 2 is 1.73 bits per heavy atom. The minimum Gasteiger partial charge on any atom is -0.289 e. The van der Waals surface area contributed by atoms with Crippen LogP contribution < -0.4 is 5.43 Å². The lowest BCUT2D eigenvalue weighted by Gasteiger charge is -2.27. The van der Waals surface area contributed by atoms with Crippen LogP contribution in [0.3, 0.4) is 0 Å². The highest BCUT2D eigenvalue weighted by Gasteiger charge is 2.25. The van der Waals surface area contributed by atoms with Crippen molar-refractivity contribution in [2.75, 3.05) is 13.1 Å². The molecule has 0 aromatic carbocycles. The topological polar surface area (TPSA) is 32.3 Å². The Morgan fingerprint density at radius 1 is 1.13 bits per heavy atom. The van der Waals surface area contributed by atoms with Crippen LogP contribution in [0.1, 0.15) is 45.4 Å². The highest BCUT2D eigenvalue weighted by molar-refractivity contribution is 5.78. The average Bonchev–Trinajstić information content (AvgIpc) is 2.71. The number of nitrogens with zero attached hydrogens (tertiary/aromatic N) is 1. The number of hydrogen-bond donors (Lipinski definition) is 1. The molecule has 15 heavy (non-hydrogen) atoms. The lowest BCUT2D eigenvalue weighted by Crippen LogP contribution is -2.43. The van der Waals surface area contributed by atoms with E-state index in [9.17, 15) is 4.79 Å². The zero-order valence-corrected chi connectivity index (χ0v) is 9.67. The molecule has 1 heterocycles. The van der Waals surface area contributed by atoms with Crippen LogP contribution >= 0.6 is 0 Å². The van der Waals surface area contributed by atoms with Gasteiger partial charge in [0.05, 0.1) is 0 Å². The maximum Gasteiger partial charge on any atom is 0.237 e. The van der Waals surface area contributed by atoms with Gasteiger partial charge in [0.25, 0.3) is 0 Å². The molecule has 1 aliphatic heterocycles. The number of nitrogens with one attached hydrogen (secondary N) is 1. The van der Waals surface area contributed by atoms with E-state index in [1.807, 2.05) is 0 Å². The lowest BCUT2D eigenvalue weighted by molar-refractivity contribution is -0.130. The van der Waals surface area contributed by atoms with E-state index in [1.165, 1.54) is 25.7 Å². The summed E-state index contributed by atoms with van der Waals surface area (Å²) < 4.78 is 0. The van der Waals surface area contributed by atoms with Crippen molar-refractivity contribution < 1.29 is 4.79 Å². The molecule has 0 aromatic heterocycles. The summed E-state index contributed by atoms with van der Waals surface area (Å²) in [5.74, 6) is 1.37. The molecule has 86 valence electrons. The number of amides is 1. The average molecular weight is 210 g/mol. The molecule has 0 aromatic rings. The summed E-state index contributed by atoms with van der Waals surface area (Å²) in [7, 11) is 0. The molecule has 0 radical (unpaired) electrons. The van der Waals surface area contributed by atoms with Gasteiger partial charge in [-0.2, -0.15) is 0 Å². The maximum absolute atomic E-state index is 11.9. The van der Waals surface area contributed by atoms with E-state index in [0.717, 1.165) is 31.8 Å². The summed E-state index contributed by atoms with van der Waals surface area (Å²) in [4.78, 5) is 11.9. The van der Waals surface area contributed by atoms with Crippen molar-refractivity contribution in [2.45, 2.75) is 45.4 Å². The van der Waals surface area contributed by atoms with Gasteiger partial charge >= 0.3 is 0 Å². The number of carbonyl (C=O) groups is 1. The first-order chi connectivity index (χ1) is 7.25. The van der Waals surface area contributed by atoms with E-state index in [4.69, 9.17) is 0 Å². The lowest BCUT2D eigenvalue weighted by atomic mass is 9.83. The van der Waals surface area contributed by atoms with Crippen molar-refractivity contribution in [3.8, 4) is 0 Å². The molecule has 3 heteroatoms. The standard InChI is InChI=1S/C12H22N2O/c1-10-4-6-11(7-5-10)12(15)13-14-8-2-3-9-14/h10-11H,2-9H2,1H3,(H,13,15). The van der Waals surface area contributed by atoms with Crippen molar-refractivity contribution in [1.82, 2.24) is 10.4 Å². The van der Waals surface area contributed by atoms with Crippen LogP contribution in [-0.2, 0) is 4.79 Å². The highest BCUT2D eigenvalue weighted by Crippen LogP contribution is 2.28. The first-order valence-corrected chi connectivity index (χ1v) is 6.31. The first-order valence-electron chi connectivity index (χ1n) is 6.31. The second-order valence-corrected chi connectivity index (χ2v) is 5.13. The fraction of sp³-hybridized carbons (Fsp3) is 0.917. The molecule has 0 atom stereocenters. The van der Waals surface area contributed by atoms with Crippen molar-refractivity contribution in [3.63, 3.8) is 0 Å². The van der Waals surface area contributed by atoms with Crippen LogP contribution in [0.25, 0.3) is 0 Å². The molecule has 0 spiro atoms. The van der Waals surface area contributed by atoms with Gasteiger partial charge in [-0.05, 0) is 44.4 Å². The summed E-state index contributed by atoms with van der Waals surface area (Å²) >= 11 is 0. The molecule has 0 unspecified atom stereocenters. The van der Waals surface area contributed by atoms with Gasteiger partial charge in [0.2, 0.25) is 5.91 Å². The predicted molar refractivity (Wildman–Crippen MR) is 60.1 cm³/mol. The van der Waals surface area contributed by atoms with Gasteiger partial charge in [0, 0.05) is 19.0 Å². The van der Waals surface area contributed by atoms with Crippen LogP contribution in [0.2, 0.25) is 0 Å². The molecule has 2 rings (SSSR count). The van der Waals surface area contributed by atoms with Crippen molar-refractivity contribution >= 4 is 5.91 Å². The normalized spacial score (nSPS) is 32.9. The van der Waals surface area contributed by atoms with Gasteiger partial charge in [-0.1, -0.05) is 6.92 Å². The Balaban J connectivity index is 1.75. The minimum atomic E-state index is 0.267. The van der Waals surface area contributed by atoms with E-state index >= 15 is 0 Å². The number of rotatable bonds is 2. The molecule has 1 saturated carbocycles. The van der Waals surface area contributed by atoms with Crippen LogP contribution in [0.15, 0.2) is 0 Å². The van der Waals surface area contributed by atoms with E-state index in [2.05, 4.69) is 17.4 Å². The van der Waals surface area contributed by atoms with Crippen LogP contribution in [0.5, 0.6) is 0 Å². The van der Waals surface area contributed by atoms with E-state index in [1.54, 1.807) is 0 Å². The van der Waals surface area contributed by atoms with Gasteiger partial charge in [-0.15, -0.1) is 0 Å². The second kappa shape index (κ2) is 4.97. The monoisotopic (exact) mass is 210 g/mol. The van der Waals surface area contributed by atoms with Gasteiger partial charge in [-0.25, -0.2) is 5.01 Å². The quantitative estimate of drug-likeness (QED) is 0.755. The second-order valence-electron chi connectivity index (χ2n) is 5.13. The number of hydrogen-bond acceptors (Lipinski definition) is 2. The molecule has 1 aliphatic carbocycles. The zero-order valence-electron chi connectivity index (χ0n) is 9.67. The fourth-order valence-corrected chi connectivity index (χ4v) is 2.60. The van der Waals surface area contributed by atoms with Crippen LogP contribution in [0, 0.1) is 11.8 Å². The summed E-state index contributed by atoms with van der Waals surface area (Å²) in [6.07, 6.45) is 7.06. The molecule has 0 bridgehead atoms. The summed E-state index contributed by atoms with van der Waals surface area (Å²) in [5.41, 5.74) is 3.06. The maximum atomic E-state index is 11.9. The molecule has 2 fully saturated rings. The van der Waals surface area contributed by atoms with Crippen molar-refractivity contribution in [1.29, 1.82) is 0 Å². The highest BCUT2D eigenvalue weighted by atomic mass is 16.2. The molecule has 3 nitrogen and oxygen atoms in total. The van der Waals surface area contributed by atoms with E-state index in [0.29, 0.717) is 0 Å². The van der Waals surface area contributed by atoms with Crippen LogP contribution in [0.4, 0.5) is 0 Å². The third-order valence-corrected chi connectivity index (χ3v) is 3.76. The van der Waals surface area contributed by atoms with Gasteiger partial charge < -0.3 is 0 Å². The molecule has 1 saturated heterocycles. The number of carbonyl (C=O) groups excluding carboxylic acids is 1. The Labute approximate surface area is 92.2 Å². The third kappa shape index (κ3) is 2.94. The smallest absolute Gasteiger partial charge is 0.237 e. The molecule has 1 amide bonds. The molecule has 2 aliphatic rings. The predicted octanol–water partition coefficient (Wildman–Crippen LogP) is 1.94. The largest absolute Gasteiger partial charge is 0.289 e. The zero-order chi connectivity index (χ0) is 10.7. The van der Waals surface area contributed by atoms with Crippen molar-refractivity contribution in [2.24, 2.45) is 11.8 Å². The fourth-order valence-electron chi connectivity index (χ4n) is 2.60. The summed E-state index contributed by atoms with van der Waals surface area (Å²) in [5, 5.41) is 2.08. The molecule has 1 N–H and O–H groups in total. The minimum absolute atomic E-state index is 0.267. The van der Waals surface area contributed by atoms with Gasteiger partial charge in [0.15, 0.2) is 0 Å². The first kappa shape index (κ1) is 10.9. The molecular formula is C12H22N2O.